The smallest absolute Gasteiger partial charge is 0.416 e. The minimum absolute atomic E-state index is 0.197. The number of hydrogen-bond donors (Lipinski definition) is 2. The van der Waals surface area contributed by atoms with Crippen molar-refractivity contribution in [3.8, 4) is 17.0 Å². The maximum Gasteiger partial charge on any atom is 0.416 e. The molecule has 5 nitrogen and oxygen atoms in total. The lowest BCUT2D eigenvalue weighted by atomic mass is 9.93. The standard InChI is InChI=1S/C17H16F3N3O2/c1-21-15-12-8-25-16(4-5-16)7-11(12)14(22-23-15)10-3-2-9(6-13(10)24)17(18,19)20/h2-3,6,24H,4-5,7-8H2,1H3,(H,21,23). The maximum atomic E-state index is 12.8. The van der Waals surface area contributed by atoms with E-state index < -0.39 is 17.5 Å². The second-order valence-corrected chi connectivity index (χ2v) is 6.48. The third-order valence-electron chi connectivity index (χ3n) is 4.83. The number of benzene rings is 1. The number of nitrogens with one attached hydrogen (secondary N) is 1. The molecule has 0 amide bonds. The molecule has 0 saturated heterocycles. The van der Waals surface area contributed by atoms with Crippen LogP contribution < -0.4 is 5.32 Å². The van der Waals surface area contributed by atoms with Gasteiger partial charge >= 0.3 is 6.18 Å². The summed E-state index contributed by atoms with van der Waals surface area (Å²) in [4.78, 5) is 0. The number of aromatic nitrogens is 2. The molecule has 1 fully saturated rings. The van der Waals surface area contributed by atoms with Gasteiger partial charge in [-0.3, -0.25) is 0 Å². The van der Waals surface area contributed by atoms with Gasteiger partial charge in [-0.15, -0.1) is 10.2 Å². The molecule has 0 radical (unpaired) electrons. The van der Waals surface area contributed by atoms with Crippen LogP contribution in [0.25, 0.3) is 11.3 Å². The number of ether oxygens (including phenoxy) is 1. The average Bonchev–Trinajstić information content (AvgIpc) is 3.32. The fourth-order valence-electron chi connectivity index (χ4n) is 3.24. The van der Waals surface area contributed by atoms with E-state index in [9.17, 15) is 18.3 Å². The molecule has 8 heteroatoms. The van der Waals surface area contributed by atoms with Gasteiger partial charge in [-0.05, 0) is 36.6 Å². The zero-order chi connectivity index (χ0) is 17.8. The zero-order valence-corrected chi connectivity index (χ0v) is 13.4. The van der Waals surface area contributed by atoms with Crippen LogP contribution in [-0.2, 0) is 23.9 Å². The average molecular weight is 351 g/mol. The SMILES string of the molecule is CNc1nnc(-c2ccc(C(F)(F)F)cc2O)c2c1COC1(CC1)C2. The van der Waals surface area contributed by atoms with Crippen LogP contribution in [0, 0.1) is 0 Å². The van der Waals surface area contributed by atoms with E-state index in [1.807, 2.05) is 0 Å². The van der Waals surface area contributed by atoms with E-state index in [0.717, 1.165) is 36.1 Å². The number of rotatable bonds is 2. The molecular formula is C17H16F3N3O2. The Bertz CT molecular complexity index is 848. The van der Waals surface area contributed by atoms with Gasteiger partial charge in [0, 0.05) is 24.6 Å². The Hall–Kier alpha value is -2.35. The number of phenols is 1. The molecule has 2 heterocycles. The molecule has 1 aliphatic heterocycles. The van der Waals surface area contributed by atoms with Gasteiger partial charge in [0.25, 0.3) is 0 Å². The molecule has 0 unspecified atom stereocenters. The zero-order valence-electron chi connectivity index (χ0n) is 13.4. The third kappa shape index (κ3) is 2.70. The van der Waals surface area contributed by atoms with Crippen LogP contribution in [0.5, 0.6) is 5.75 Å². The summed E-state index contributed by atoms with van der Waals surface area (Å²) in [5.74, 6) is 0.125. The van der Waals surface area contributed by atoms with Crippen LogP contribution in [0.1, 0.15) is 29.5 Å². The van der Waals surface area contributed by atoms with Crippen LogP contribution in [0.15, 0.2) is 18.2 Å². The van der Waals surface area contributed by atoms with Crippen LogP contribution in [0.3, 0.4) is 0 Å². The number of hydrogen-bond acceptors (Lipinski definition) is 5. The highest BCUT2D eigenvalue weighted by Crippen LogP contribution is 2.49. The molecule has 0 atom stereocenters. The molecule has 2 aliphatic rings. The number of phenolic OH excluding ortho intramolecular Hbond substituents is 1. The van der Waals surface area contributed by atoms with Gasteiger partial charge in [-0.2, -0.15) is 13.2 Å². The molecular weight excluding hydrogens is 335 g/mol. The Morgan fingerprint density at radius 2 is 1.96 bits per heavy atom. The van der Waals surface area contributed by atoms with E-state index in [1.165, 1.54) is 6.07 Å². The molecule has 25 heavy (non-hydrogen) atoms. The van der Waals surface area contributed by atoms with Crippen molar-refractivity contribution in [2.45, 2.75) is 37.6 Å². The lowest BCUT2D eigenvalue weighted by molar-refractivity contribution is -0.137. The predicted octanol–water partition coefficient (Wildman–Crippen LogP) is 3.52. The Morgan fingerprint density at radius 3 is 2.56 bits per heavy atom. The number of alkyl halides is 3. The molecule has 2 aromatic rings. The molecule has 0 bridgehead atoms. The number of aromatic hydroxyl groups is 1. The van der Waals surface area contributed by atoms with Gasteiger partial charge in [0.15, 0.2) is 5.82 Å². The van der Waals surface area contributed by atoms with Gasteiger partial charge < -0.3 is 15.2 Å². The molecule has 1 saturated carbocycles. The second kappa shape index (κ2) is 5.32. The van der Waals surface area contributed by atoms with Crippen molar-refractivity contribution >= 4 is 5.82 Å². The topological polar surface area (TPSA) is 67.3 Å². The molecule has 132 valence electrons. The monoisotopic (exact) mass is 351 g/mol. The van der Waals surface area contributed by atoms with Crippen LogP contribution >= 0.6 is 0 Å². The van der Waals surface area contributed by atoms with Crippen LogP contribution in [-0.4, -0.2) is 28.0 Å². The summed E-state index contributed by atoms with van der Waals surface area (Å²) in [5, 5.41) is 21.4. The Morgan fingerprint density at radius 1 is 1.20 bits per heavy atom. The summed E-state index contributed by atoms with van der Waals surface area (Å²) in [7, 11) is 1.72. The summed E-state index contributed by atoms with van der Waals surface area (Å²) >= 11 is 0. The minimum Gasteiger partial charge on any atom is -0.507 e. The molecule has 1 aromatic heterocycles. The molecule has 2 N–H and O–H groups in total. The molecule has 1 spiro atoms. The van der Waals surface area contributed by atoms with Crippen molar-refractivity contribution in [3.05, 3.63) is 34.9 Å². The van der Waals surface area contributed by atoms with Crippen molar-refractivity contribution in [2.75, 3.05) is 12.4 Å². The summed E-state index contributed by atoms with van der Waals surface area (Å²) in [6.07, 6.45) is -2.00. The lowest BCUT2D eigenvalue weighted by Crippen LogP contribution is -2.26. The first-order valence-electron chi connectivity index (χ1n) is 7.94. The van der Waals surface area contributed by atoms with Gasteiger partial charge in [0.2, 0.25) is 0 Å². The Balaban J connectivity index is 1.84. The third-order valence-corrected chi connectivity index (χ3v) is 4.83. The largest absolute Gasteiger partial charge is 0.507 e. The summed E-state index contributed by atoms with van der Waals surface area (Å²) < 4.78 is 44.4. The van der Waals surface area contributed by atoms with Crippen molar-refractivity contribution in [2.24, 2.45) is 0 Å². The Kier molecular flexibility index (Phi) is 3.44. The molecule has 1 aromatic carbocycles. The Labute approximate surface area is 141 Å². The van der Waals surface area contributed by atoms with Crippen LogP contribution in [0.4, 0.5) is 19.0 Å². The minimum atomic E-state index is -4.51. The highest BCUT2D eigenvalue weighted by Gasteiger charge is 2.48. The van der Waals surface area contributed by atoms with E-state index >= 15 is 0 Å². The van der Waals surface area contributed by atoms with Gasteiger partial charge in [-0.1, -0.05) is 0 Å². The molecule has 1 aliphatic carbocycles. The van der Waals surface area contributed by atoms with Crippen molar-refractivity contribution in [1.29, 1.82) is 0 Å². The highest BCUT2D eigenvalue weighted by atomic mass is 19.4. The summed E-state index contributed by atoms with van der Waals surface area (Å²) in [5.41, 5.74) is 1.27. The quantitative estimate of drug-likeness (QED) is 0.867. The predicted molar refractivity (Wildman–Crippen MR) is 84.1 cm³/mol. The van der Waals surface area contributed by atoms with Gasteiger partial charge in [0.05, 0.1) is 17.8 Å². The number of fused-ring (bicyclic) bond motifs is 1. The lowest BCUT2D eigenvalue weighted by Gasteiger charge is -2.27. The van der Waals surface area contributed by atoms with Gasteiger partial charge in [-0.25, -0.2) is 0 Å². The van der Waals surface area contributed by atoms with E-state index in [2.05, 4.69) is 15.5 Å². The van der Waals surface area contributed by atoms with Crippen molar-refractivity contribution in [3.63, 3.8) is 0 Å². The normalized spacial score (nSPS) is 18.1. The van der Waals surface area contributed by atoms with Crippen molar-refractivity contribution in [1.82, 2.24) is 10.2 Å². The van der Waals surface area contributed by atoms with E-state index in [-0.39, 0.29) is 11.2 Å². The summed E-state index contributed by atoms with van der Waals surface area (Å²) in [6.45, 7) is 0.370. The highest BCUT2D eigenvalue weighted by molar-refractivity contribution is 5.73. The number of nitrogens with zero attached hydrogens (tertiary/aromatic N) is 2. The maximum absolute atomic E-state index is 12.8. The van der Waals surface area contributed by atoms with E-state index in [1.54, 1.807) is 7.05 Å². The van der Waals surface area contributed by atoms with Gasteiger partial charge in [0.1, 0.15) is 11.4 Å². The summed E-state index contributed by atoms with van der Waals surface area (Å²) in [6, 6.07) is 2.92. The number of halogens is 3. The number of anilines is 1. The fourth-order valence-corrected chi connectivity index (χ4v) is 3.24. The fraction of sp³-hybridized carbons (Fsp3) is 0.412. The van der Waals surface area contributed by atoms with Crippen LogP contribution in [0.2, 0.25) is 0 Å². The second-order valence-electron chi connectivity index (χ2n) is 6.48. The first-order valence-corrected chi connectivity index (χ1v) is 7.94. The molecule has 4 rings (SSSR count). The van der Waals surface area contributed by atoms with Crippen molar-refractivity contribution < 1.29 is 23.0 Å². The van der Waals surface area contributed by atoms with E-state index in [0.29, 0.717) is 24.5 Å². The van der Waals surface area contributed by atoms with E-state index in [4.69, 9.17) is 4.74 Å². The first-order chi connectivity index (χ1) is 11.8. The first kappa shape index (κ1) is 16.1.